The first-order valence-electron chi connectivity index (χ1n) is 8.64. The Labute approximate surface area is 160 Å². The summed E-state index contributed by atoms with van der Waals surface area (Å²) in [7, 11) is 1.40. The number of hydrogen-bond acceptors (Lipinski definition) is 7. The van der Waals surface area contributed by atoms with Gasteiger partial charge >= 0.3 is 0 Å². The number of ether oxygens (including phenoxy) is 1. The SMILES string of the molecule is COc1ccc(NC(=O)CC2SC(=NC3CCCC3)NC2=O)c([N+](=O)[O-])c1. The van der Waals surface area contributed by atoms with Crippen molar-refractivity contribution in [2.75, 3.05) is 12.4 Å². The Morgan fingerprint density at radius 1 is 1.44 bits per heavy atom. The summed E-state index contributed by atoms with van der Waals surface area (Å²) in [5.74, 6) is -0.424. The summed E-state index contributed by atoms with van der Waals surface area (Å²) in [5, 5.41) is 16.4. The number of aliphatic imine (C=N–C) groups is 1. The fourth-order valence-corrected chi connectivity index (χ4v) is 4.10. The number of benzene rings is 1. The molecule has 0 radical (unpaired) electrons. The van der Waals surface area contributed by atoms with Crippen LogP contribution in [0.25, 0.3) is 0 Å². The lowest BCUT2D eigenvalue weighted by Gasteiger charge is -2.09. The van der Waals surface area contributed by atoms with Crippen molar-refractivity contribution in [1.82, 2.24) is 5.32 Å². The Kier molecular flexibility index (Phi) is 5.94. The quantitative estimate of drug-likeness (QED) is 0.566. The van der Waals surface area contributed by atoms with Crippen molar-refractivity contribution in [3.63, 3.8) is 0 Å². The average molecular weight is 392 g/mol. The lowest BCUT2D eigenvalue weighted by atomic mass is 10.2. The van der Waals surface area contributed by atoms with E-state index in [0.717, 1.165) is 25.7 Å². The van der Waals surface area contributed by atoms with Crippen LogP contribution in [0.1, 0.15) is 32.1 Å². The summed E-state index contributed by atoms with van der Waals surface area (Å²) in [5.41, 5.74) is -0.205. The first-order chi connectivity index (χ1) is 13.0. The van der Waals surface area contributed by atoms with Crippen molar-refractivity contribution < 1.29 is 19.2 Å². The molecule has 3 rings (SSSR count). The molecule has 1 aliphatic carbocycles. The minimum Gasteiger partial charge on any atom is -0.496 e. The van der Waals surface area contributed by atoms with Crippen LogP contribution in [-0.2, 0) is 9.59 Å². The van der Waals surface area contributed by atoms with E-state index in [-0.39, 0.29) is 29.7 Å². The molecule has 0 bridgehead atoms. The van der Waals surface area contributed by atoms with Crippen LogP contribution in [0.5, 0.6) is 5.75 Å². The number of amides is 2. The number of nitro groups is 1. The number of amidine groups is 1. The summed E-state index contributed by atoms with van der Waals surface area (Å²) in [6, 6.07) is 4.40. The van der Waals surface area contributed by atoms with Crippen molar-refractivity contribution in [2.45, 2.75) is 43.4 Å². The van der Waals surface area contributed by atoms with E-state index in [1.807, 2.05) is 0 Å². The molecular weight excluding hydrogens is 372 g/mol. The van der Waals surface area contributed by atoms with Gasteiger partial charge in [-0.15, -0.1) is 0 Å². The van der Waals surface area contributed by atoms with Gasteiger partial charge in [0.1, 0.15) is 16.7 Å². The fourth-order valence-electron chi connectivity index (χ4n) is 3.06. The predicted octanol–water partition coefficient (Wildman–Crippen LogP) is 2.46. The molecule has 1 atom stereocenters. The molecule has 2 fully saturated rings. The monoisotopic (exact) mass is 392 g/mol. The Hall–Kier alpha value is -2.62. The van der Waals surface area contributed by atoms with Gasteiger partial charge in [0, 0.05) is 6.42 Å². The number of carbonyl (C=O) groups is 2. The molecule has 10 heteroatoms. The molecule has 2 amide bonds. The zero-order valence-electron chi connectivity index (χ0n) is 14.8. The largest absolute Gasteiger partial charge is 0.496 e. The van der Waals surface area contributed by atoms with Gasteiger partial charge in [-0.2, -0.15) is 0 Å². The molecule has 27 heavy (non-hydrogen) atoms. The molecule has 1 aromatic carbocycles. The zero-order valence-corrected chi connectivity index (χ0v) is 15.6. The highest BCUT2D eigenvalue weighted by Gasteiger charge is 2.33. The van der Waals surface area contributed by atoms with Crippen molar-refractivity contribution in [3.8, 4) is 5.75 Å². The second kappa shape index (κ2) is 8.38. The summed E-state index contributed by atoms with van der Waals surface area (Å²) in [6.45, 7) is 0. The lowest BCUT2D eigenvalue weighted by Crippen LogP contribution is -2.28. The Morgan fingerprint density at radius 3 is 2.85 bits per heavy atom. The molecule has 9 nitrogen and oxygen atoms in total. The van der Waals surface area contributed by atoms with Gasteiger partial charge in [0.15, 0.2) is 5.17 Å². The highest BCUT2D eigenvalue weighted by Crippen LogP contribution is 2.30. The smallest absolute Gasteiger partial charge is 0.296 e. The van der Waals surface area contributed by atoms with Gasteiger partial charge in [-0.05, 0) is 25.0 Å². The number of rotatable bonds is 6. The number of hydrogen-bond donors (Lipinski definition) is 2. The minimum absolute atomic E-state index is 0.0639. The molecule has 2 aliphatic rings. The lowest BCUT2D eigenvalue weighted by molar-refractivity contribution is -0.384. The van der Waals surface area contributed by atoms with E-state index in [0.29, 0.717) is 10.9 Å². The first kappa shape index (κ1) is 19.2. The van der Waals surface area contributed by atoms with E-state index in [2.05, 4.69) is 15.6 Å². The molecule has 1 aromatic rings. The molecule has 144 valence electrons. The topological polar surface area (TPSA) is 123 Å². The summed E-state index contributed by atoms with van der Waals surface area (Å²) in [4.78, 5) is 39.5. The maximum Gasteiger partial charge on any atom is 0.296 e. The maximum absolute atomic E-state index is 12.3. The van der Waals surface area contributed by atoms with Crippen molar-refractivity contribution >= 4 is 40.1 Å². The number of methoxy groups -OCH3 is 1. The molecular formula is C17H20N4O5S. The highest BCUT2D eigenvalue weighted by molar-refractivity contribution is 8.15. The van der Waals surface area contributed by atoms with E-state index in [1.165, 1.54) is 37.1 Å². The standard InChI is InChI=1S/C17H20N4O5S/c1-26-11-6-7-12(13(8-11)21(24)25)19-15(22)9-14-16(23)20-17(27-14)18-10-4-2-3-5-10/h6-8,10,14H,2-5,9H2,1H3,(H,19,22)(H,18,20,23). The van der Waals surface area contributed by atoms with Crippen LogP contribution in [-0.4, -0.2) is 40.3 Å². The van der Waals surface area contributed by atoms with Crippen LogP contribution in [0.4, 0.5) is 11.4 Å². The first-order valence-corrected chi connectivity index (χ1v) is 9.52. The number of carbonyl (C=O) groups excluding carboxylic acids is 2. The van der Waals surface area contributed by atoms with Gasteiger partial charge in [0.25, 0.3) is 5.69 Å². The van der Waals surface area contributed by atoms with Crippen LogP contribution >= 0.6 is 11.8 Å². The van der Waals surface area contributed by atoms with Gasteiger partial charge in [-0.1, -0.05) is 24.6 Å². The van der Waals surface area contributed by atoms with E-state index in [1.54, 1.807) is 0 Å². The summed E-state index contributed by atoms with van der Waals surface area (Å²) in [6.07, 6.45) is 4.24. The van der Waals surface area contributed by atoms with Crippen molar-refractivity contribution in [1.29, 1.82) is 0 Å². The highest BCUT2D eigenvalue weighted by atomic mass is 32.2. The van der Waals surface area contributed by atoms with E-state index in [9.17, 15) is 19.7 Å². The zero-order chi connectivity index (χ0) is 19.4. The molecule has 1 heterocycles. The van der Waals surface area contributed by atoms with Gasteiger partial charge < -0.3 is 15.4 Å². The minimum atomic E-state index is -0.596. The molecule has 1 saturated carbocycles. The molecule has 1 aliphatic heterocycles. The summed E-state index contributed by atoms with van der Waals surface area (Å²) >= 11 is 1.24. The van der Waals surface area contributed by atoms with E-state index < -0.39 is 16.1 Å². The number of anilines is 1. The Bertz CT molecular complexity index is 792. The van der Waals surface area contributed by atoms with Crippen LogP contribution in [0.15, 0.2) is 23.2 Å². The number of nitrogens with zero attached hydrogens (tertiary/aromatic N) is 2. The van der Waals surface area contributed by atoms with Crippen LogP contribution in [0.3, 0.4) is 0 Å². The van der Waals surface area contributed by atoms with E-state index >= 15 is 0 Å². The fraction of sp³-hybridized carbons (Fsp3) is 0.471. The maximum atomic E-state index is 12.3. The van der Waals surface area contributed by atoms with Gasteiger partial charge in [0.2, 0.25) is 11.8 Å². The van der Waals surface area contributed by atoms with Crippen molar-refractivity contribution in [2.24, 2.45) is 4.99 Å². The third-order valence-corrected chi connectivity index (χ3v) is 5.54. The van der Waals surface area contributed by atoms with Crippen LogP contribution < -0.4 is 15.4 Å². The average Bonchev–Trinajstić information content (AvgIpc) is 3.25. The van der Waals surface area contributed by atoms with Gasteiger partial charge in [-0.25, -0.2) is 0 Å². The molecule has 0 aromatic heterocycles. The molecule has 0 spiro atoms. The Morgan fingerprint density at radius 2 is 2.19 bits per heavy atom. The number of nitro benzene ring substituents is 1. The van der Waals surface area contributed by atoms with Crippen LogP contribution in [0.2, 0.25) is 0 Å². The van der Waals surface area contributed by atoms with E-state index in [4.69, 9.17) is 4.74 Å². The predicted molar refractivity (Wildman–Crippen MR) is 102 cm³/mol. The third kappa shape index (κ3) is 4.76. The summed E-state index contributed by atoms with van der Waals surface area (Å²) < 4.78 is 4.97. The molecule has 2 N–H and O–H groups in total. The molecule has 1 unspecified atom stereocenters. The van der Waals surface area contributed by atoms with Gasteiger partial charge in [-0.3, -0.25) is 24.7 Å². The second-order valence-corrected chi connectivity index (χ2v) is 7.55. The second-order valence-electron chi connectivity index (χ2n) is 6.36. The number of thioether (sulfide) groups is 1. The number of nitrogens with one attached hydrogen (secondary N) is 2. The van der Waals surface area contributed by atoms with Gasteiger partial charge in [0.05, 0.1) is 24.1 Å². The van der Waals surface area contributed by atoms with Crippen LogP contribution in [0, 0.1) is 10.1 Å². The van der Waals surface area contributed by atoms with Crippen molar-refractivity contribution in [3.05, 3.63) is 28.3 Å². The third-order valence-electron chi connectivity index (χ3n) is 4.45. The normalized spacial score (nSPS) is 21.3. The Balaban J connectivity index is 1.62. The molecule has 1 saturated heterocycles.